The first-order chi connectivity index (χ1) is 9.75. The largest absolute Gasteiger partial charge is 0.396 e. The van der Waals surface area contributed by atoms with E-state index in [1.807, 2.05) is 0 Å². The maximum atomic E-state index is 8.94. The Morgan fingerprint density at radius 2 is 1.75 bits per heavy atom. The Bertz CT molecular complexity index is 285. The van der Waals surface area contributed by atoms with Crippen LogP contribution < -0.4 is 5.32 Å². The number of aliphatic hydroxyl groups excluding tert-OH is 1. The Morgan fingerprint density at radius 1 is 1.15 bits per heavy atom. The lowest BCUT2D eigenvalue weighted by Crippen LogP contribution is -2.56. The molecule has 1 unspecified atom stereocenters. The van der Waals surface area contributed by atoms with Crippen molar-refractivity contribution in [2.45, 2.75) is 57.9 Å². The zero-order chi connectivity index (χ0) is 14.0. The van der Waals surface area contributed by atoms with Gasteiger partial charge in [0.25, 0.3) is 0 Å². The van der Waals surface area contributed by atoms with Gasteiger partial charge in [0.2, 0.25) is 0 Å². The fourth-order valence-corrected chi connectivity index (χ4v) is 6.88. The number of hydrogen-bond donors (Lipinski definition) is 2. The Balaban J connectivity index is 1.63. The first-order valence-electron chi connectivity index (χ1n) is 8.67. The minimum absolute atomic E-state index is 0.343. The monoisotopic (exact) mass is 297 g/mol. The molecule has 4 saturated carbocycles. The van der Waals surface area contributed by atoms with Gasteiger partial charge in [-0.1, -0.05) is 6.92 Å². The summed E-state index contributed by atoms with van der Waals surface area (Å²) in [5.41, 5.74) is 0.622. The van der Waals surface area contributed by atoms with Crippen molar-refractivity contribution in [1.29, 1.82) is 0 Å². The van der Waals surface area contributed by atoms with E-state index >= 15 is 0 Å². The molecule has 1 atom stereocenters. The van der Waals surface area contributed by atoms with Crippen LogP contribution in [0.1, 0.15) is 51.9 Å². The molecule has 0 heterocycles. The van der Waals surface area contributed by atoms with Crippen molar-refractivity contribution in [2.24, 2.45) is 23.2 Å². The van der Waals surface area contributed by atoms with Gasteiger partial charge in [-0.2, -0.15) is 11.8 Å². The number of aliphatic hydroxyl groups is 1. The van der Waals surface area contributed by atoms with Crippen LogP contribution in [-0.2, 0) is 0 Å². The van der Waals surface area contributed by atoms with Gasteiger partial charge in [-0.05, 0) is 80.4 Å². The number of hydrogen-bond acceptors (Lipinski definition) is 3. The molecule has 4 bridgehead atoms. The lowest BCUT2D eigenvalue weighted by Gasteiger charge is -2.59. The van der Waals surface area contributed by atoms with Crippen LogP contribution in [0.25, 0.3) is 0 Å². The predicted molar refractivity (Wildman–Crippen MR) is 87.1 cm³/mol. The van der Waals surface area contributed by atoms with E-state index in [9.17, 15) is 0 Å². The van der Waals surface area contributed by atoms with Gasteiger partial charge in [0.15, 0.2) is 0 Å². The maximum Gasteiger partial charge on any atom is 0.0438 e. The van der Waals surface area contributed by atoms with E-state index < -0.39 is 0 Å². The summed E-state index contributed by atoms with van der Waals surface area (Å²) in [5, 5.41) is 12.8. The fourth-order valence-electron chi connectivity index (χ4n) is 5.67. The van der Waals surface area contributed by atoms with Crippen LogP contribution in [0.3, 0.4) is 0 Å². The summed E-state index contributed by atoms with van der Waals surface area (Å²) in [7, 11) is 0. The van der Waals surface area contributed by atoms with Crippen LogP contribution >= 0.6 is 11.8 Å². The van der Waals surface area contributed by atoms with E-state index in [0.717, 1.165) is 36.5 Å². The van der Waals surface area contributed by atoms with Crippen LogP contribution in [0.5, 0.6) is 0 Å². The van der Waals surface area contributed by atoms with E-state index in [1.54, 1.807) is 0 Å². The summed E-state index contributed by atoms with van der Waals surface area (Å²) < 4.78 is 0. The van der Waals surface area contributed by atoms with Crippen molar-refractivity contribution in [2.75, 3.05) is 24.7 Å². The highest BCUT2D eigenvalue weighted by Gasteiger charge is 2.53. The van der Waals surface area contributed by atoms with E-state index in [-0.39, 0.29) is 0 Å². The molecule has 116 valence electrons. The Hall–Kier alpha value is 0.270. The predicted octanol–water partition coefficient (Wildman–Crippen LogP) is 3.30. The molecule has 0 saturated heterocycles. The molecule has 2 N–H and O–H groups in total. The summed E-state index contributed by atoms with van der Waals surface area (Å²) in [6.07, 6.45) is 10.1. The van der Waals surface area contributed by atoms with Gasteiger partial charge in [-0.15, -0.1) is 0 Å². The first-order valence-corrected chi connectivity index (χ1v) is 9.83. The average molecular weight is 298 g/mol. The van der Waals surface area contributed by atoms with Crippen molar-refractivity contribution in [3.8, 4) is 0 Å². The summed E-state index contributed by atoms with van der Waals surface area (Å²) in [4.78, 5) is 0. The normalized spacial score (nSPS) is 40.2. The molecule has 0 aromatic carbocycles. The third-order valence-corrected chi connectivity index (χ3v) is 7.15. The Labute approximate surface area is 128 Å². The smallest absolute Gasteiger partial charge is 0.0438 e. The van der Waals surface area contributed by atoms with Gasteiger partial charge < -0.3 is 10.4 Å². The lowest BCUT2D eigenvalue weighted by atomic mass is 9.48. The maximum absolute atomic E-state index is 8.94. The zero-order valence-electron chi connectivity index (χ0n) is 12.9. The van der Waals surface area contributed by atoms with E-state index in [1.165, 1.54) is 44.3 Å². The van der Waals surface area contributed by atoms with Crippen LogP contribution in [0.15, 0.2) is 0 Å². The highest BCUT2D eigenvalue weighted by Crippen LogP contribution is 2.61. The van der Waals surface area contributed by atoms with Crippen molar-refractivity contribution < 1.29 is 5.11 Å². The molecule has 3 heteroatoms. The van der Waals surface area contributed by atoms with E-state index in [4.69, 9.17) is 5.11 Å². The van der Waals surface area contributed by atoms with Gasteiger partial charge in [-0.3, -0.25) is 0 Å². The van der Waals surface area contributed by atoms with Crippen LogP contribution in [0.4, 0.5) is 0 Å². The fraction of sp³-hybridized carbons (Fsp3) is 1.00. The molecule has 4 aliphatic carbocycles. The van der Waals surface area contributed by atoms with Crippen LogP contribution in [-0.4, -0.2) is 35.8 Å². The molecule has 0 aromatic heterocycles. The second kappa shape index (κ2) is 6.58. The molecular formula is C17H31NOS. The van der Waals surface area contributed by atoms with Gasteiger partial charge >= 0.3 is 0 Å². The van der Waals surface area contributed by atoms with Gasteiger partial charge in [-0.25, -0.2) is 0 Å². The zero-order valence-corrected chi connectivity index (χ0v) is 13.8. The molecule has 0 spiro atoms. The highest BCUT2D eigenvalue weighted by atomic mass is 32.2. The van der Waals surface area contributed by atoms with E-state index in [2.05, 4.69) is 24.0 Å². The highest BCUT2D eigenvalue weighted by molar-refractivity contribution is 7.99. The summed E-state index contributed by atoms with van der Waals surface area (Å²) in [5.74, 6) is 5.50. The third-order valence-electron chi connectivity index (χ3n) is 6.01. The minimum atomic E-state index is 0.343. The number of rotatable bonds is 8. The standard InChI is InChI=1S/C17H31NOS/c1-2-18-16(12-20-5-3-4-19)17-9-13-6-14(10-17)8-15(7-13)11-17/h13-16,18-19H,2-12H2,1H3. The number of nitrogens with one attached hydrogen (secondary N) is 1. The molecule has 0 amide bonds. The number of thioether (sulfide) groups is 1. The van der Waals surface area contributed by atoms with Crippen LogP contribution in [0.2, 0.25) is 0 Å². The molecule has 20 heavy (non-hydrogen) atoms. The Kier molecular flexibility index (Phi) is 4.99. The second-order valence-corrected chi connectivity index (χ2v) is 8.69. The van der Waals surface area contributed by atoms with Crippen molar-refractivity contribution in [3.63, 3.8) is 0 Å². The minimum Gasteiger partial charge on any atom is -0.396 e. The van der Waals surface area contributed by atoms with Gasteiger partial charge in [0, 0.05) is 18.4 Å². The lowest BCUT2D eigenvalue weighted by molar-refractivity contribution is -0.0691. The van der Waals surface area contributed by atoms with Crippen molar-refractivity contribution >= 4 is 11.8 Å². The molecule has 2 nitrogen and oxygen atoms in total. The molecule has 0 aromatic rings. The third kappa shape index (κ3) is 3.05. The topological polar surface area (TPSA) is 32.3 Å². The second-order valence-electron chi connectivity index (χ2n) is 7.54. The molecule has 0 radical (unpaired) electrons. The quantitative estimate of drug-likeness (QED) is 0.674. The van der Waals surface area contributed by atoms with E-state index in [0.29, 0.717) is 18.1 Å². The Morgan fingerprint density at radius 3 is 2.25 bits per heavy atom. The molecule has 0 aliphatic heterocycles. The summed E-state index contributed by atoms with van der Waals surface area (Å²) in [6.45, 7) is 3.70. The summed E-state index contributed by atoms with van der Waals surface area (Å²) in [6, 6.07) is 0.713. The van der Waals surface area contributed by atoms with Crippen molar-refractivity contribution in [3.05, 3.63) is 0 Å². The summed E-state index contributed by atoms with van der Waals surface area (Å²) >= 11 is 2.05. The molecule has 4 aliphatic rings. The van der Waals surface area contributed by atoms with Crippen molar-refractivity contribution in [1.82, 2.24) is 5.32 Å². The molecule has 4 fully saturated rings. The van der Waals surface area contributed by atoms with Crippen LogP contribution in [0, 0.1) is 23.2 Å². The SMILES string of the molecule is CCNC(CSCCCO)C12CC3CC(CC(C3)C1)C2. The van der Waals surface area contributed by atoms with Gasteiger partial charge in [0.1, 0.15) is 0 Å². The average Bonchev–Trinajstić information content (AvgIpc) is 2.40. The molecule has 4 rings (SSSR count). The first kappa shape index (κ1) is 15.2. The molecular weight excluding hydrogens is 266 g/mol. The van der Waals surface area contributed by atoms with Gasteiger partial charge in [0.05, 0.1) is 0 Å².